The Balaban J connectivity index is 2.13. The lowest BCUT2D eigenvalue weighted by atomic mass is 10.0. The third-order valence-electron chi connectivity index (χ3n) is 3.49. The minimum atomic E-state index is -0.572. The van der Waals surface area contributed by atoms with Gasteiger partial charge in [-0.2, -0.15) is 4.98 Å². The minimum absolute atomic E-state index is 0.572. The summed E-state index contributed by atoms with van der Waals surface area (Å²) in [7, 11) is 1.96. The van der Waals surface area contributed by atoms with Gasteiger partial charge < -0.3 is 15.3 Å². The average Bonchev–Trinajstić information content (AvgIpc) is 2.78. The Labute approximate surface area is 122 Å². The zero-order valence-electron chi connectivity index (χ0n) is 11.5. The van der Waals surface area contributed by atoms with E-state index in [1.165, 1.54) is 0 Å². The summed E-state index contributed by atoms with van der Waals surface area (Å²) in [6.45, 7) is 3.40. The SMILES string of the molecule is CCNc1ncc(Br)c(N(C)CC2(O)CCCC2)n1. The predicted molar refractivity (Wildman–Crippen MR) is 80.6 cm³/mol. The first kappa shape index (κ1) is 14.5. The van der Waals surface area contributed by atoms with Crippen LogP contribution in [0.15, 0.2) is 10.7 Å². The van der Waals surface area contributed by atoms with Gasteiger partial charge >= 0.3 is 0 Å². The topological polar surface area (TPSA) is 61.3 Å². The summed E-state index contributed by atoms with van der Waals surface area (Å²) in [6, 6.07) is 0. The lowest BCUT2D eigenvalue weighted by Gasteiger charge is -2.29. The molecule has 2 N–H and O–H groups in total. The van der Waals surface area contributed by atoms with Crippen molar-refractivity contribution < 1.29 is 5.11 Å². The number of aliphatic hydroxyl groups is 1. The molecule has 0 unspecified atom stereocenters. The second kappa shape index (κ2) is 6.05. The normalized spacial score (nSPS) is 17.5. The third kappa shape index (κ3) is 3.57. The largest absolute Gasteiger partial charge is 0.388 e. The number of halogens is 1. The van der Waals surface area contributed by atoms with E-state index in [1.807, 2.05) is 18.9 Å². The molecular weight excluding hydrogens is 308 g/mol. The van der Waals surface area contributed by atoms with Crippen LogP contribution in [0.2, 0.25) is 0 Å². The fourth-order valence-electron chi connectivity index (χ4n) is 2.58. The van der Waals surface area contributed by atoms with E-state index in [1.54, 1.807) is 6.20 Å². The van der Waals surface area contributed by atoms with Crippen LogP contribution in [-0.4, -0.2) is 40.8 Å². The Morgan fingerprint density at radius 3 is 2.79 bits per heavy atom. The molecule has 0 aliphatic heterocycles. The van der Waals surface area contributed by atoms with Crippen LogP contribution in [0.25, 0.3) is 0 Å². The van der Waals surface area contributed by atoms with E-state index in [0.29, 0.717) is 12.5 Å². The zero-order valence-corrected chi connectivity index (χ0v) is 13.1. The summed E-state index contributed by atoms with van der Waals surface area (Å²) in [5.41, 5.74) is -0.572. The van der Waals surface area contributed by atoms with Gasteiger partial charge in [0.05, 0.1) is 10.1 Å². The van der Waals surface area contributed by atoms with Crippen molar-refractivity contribution >= 4 is 27.7 Å². The Kier molecular flexibility index (Phi) is 4.62. The molecule has 2 rings (SSSR count). The molecule has 0 aromatic carbocycles. The first-order chi connectivity index (χ1) is 9.04. The first-order valence-corrected chi connectivity index (χ1v) is 7.53. The highest BCUT2D eigenvalue weighted by atomic mass is 79.9. The highest BCUT2D eigenvalue weighted by Gasteiger charge is 2.33. The summed E-state index contributed by atoms with van der Waals surface area (Å²) in [4.78, 5) is 10.7. The van der Waals surface area contributed by atoms with Crippen molar-refractivity contribution in [2.75, 3.05) is 30.4 Å². The molecule has 0 spiro atoms. The summed E-state index contributed by atoms with van der Waals surface area (Å²) in [5, 5.41) is 13.6. The van der Waals surface area contributed by atoms with Crippen LogP contribution in [0, 0.1) is 0 Å². The smallest absolute Gasteiger partial charge is 0.224 e. The molecule has 0 saturated heterocycles. The molecule has 106 valence electrons. The maximum absolute atomic E-state index is 10.5. The Bertz CT molecular complexity index is 435. The highest BCUT2D eigenvalue weighted by Crippen LogP contribution is 2.32. The standard InChI is InChI=1S/C13H21BrN4O/c1-3-15-12-16-8-10(14)11(17-12)18(2)9-13(19)6-4-5-7-13/h8,19H,3-7,9H2,1-2H3,(H,15,16,17). The van der Waals surface area contributed by atoms with Crippen molar-refractivity contribution in [3.05, 3.63) is 10.7 Å². The average molecular weight is 329 g/mol. The minimum Gasteiger partial charge on any atom is -0.388 e. The van der Waals surface area contributed by atoms with E-state index in [-0.39, 0.29) is 0 Å². The van der Waals surface area contributed by atoms with Gasteiger partial charge in [-0.25, -0.2) is 4.98 Å². The van der Waals surface area contributed by atoms with Crippen molar-refractivity contribution in [2.45, 2.75) is 38.2 Å². The van der Waals surface area contributed by atoms with E-state index in [2.05, 4.69) is 31.2 Å². The highest BCUT2D eigenvalue weighted by molar-refractivity contribution is 9.10. The summed E-state index contributed by atoms with van der Waals surface area (Å²) in [5.74, 6) is 1.43. The lowest BCUT2D eigenvalue weighted by molar-refractivity contribution is 0.0557. The van der Waals surface area contributed by atoms with Crippen LogP contribution in [0.3, 0.4) is 0 Å². The van der Waals surface area contributed by atoms with Gasteiger partial charge in [0.25, 0.3) is 0 Å². The van der Waals surface area contributed by atoms with Crippen molar-refractivity contribution in [2.24, 2.45) is 0 Å². The third-order valence-corrected chi connectivity index (χ3v) is 4.05. The molecule has 1 saturated carbocycles. The molecule has 1 aromatic heterocycles. The van der Waals surface area contributed by atoms with Gasteiger partial charge in [-0.15, -0.1) is 0 Å². The quantitative estimate of drug-likeness (QED) is 0.869. The number of hydrogen-bond donors (Lipinski definition) is 2. The van der Waals surface area contributed by atoms with Gasteiger partial charge in [0.1, 0.15) is 5.82 Å². The molecule has 1 fully saturated rings. The second-order valence-corrected chi connectivity index (χ2v) is 6.04. The molecule has 6 heteroatoms. The first-order valence-electron chi connectivity index (χ1n) is 6.74. The fraction of sp³-hybridized carbons (Fsp3) is 0.692. The molecule has 1 aliphatic carbocycles. The Morgan fingerprint density at radius 1 is 1.47 bits per heavy atom. The van der Waals surface area contributed by atoms with E-state index >= 15 is 0 Å². The van der Waals surface area contributed by atoms with Crippen LogP contribution < -0.4 is 10.2 Å². The fourth-order valence-corrected chi connectivity index (χ4v) is 3.07. The maximum atomic E-state index is 10.5. The van der Waals surface area contributed by atoms with Crippen molar-refractivity contribution in [3.8, 4) is 0 Å². The number of rotatable bonds is 5. The number of nitrogens with zero attached hydrogens (tertiary/aromatic N) is 3. The summed E-state index contributed by atoms with van der Waals surface area (Å²) in [6.07, 6.45) is 5.71. The van der Waals surface area contributed by atoms with Gasteiger partial charge in [-0.3, -0.25) is 0 Å². The van der Waals surface area contributed by atoms with Crippen LogP contribution in [0.4, 0.5) is 11.8 Å². The van der Waals surface area contributed by atoms with Gasteiger partial charge in [-0.05, 0) is 35.7 Å². The van der Waals surface area contributed by atoms with Crippen LogP contribution >= 0.6 is 15.9 Å². The number of hydrogen-bond acceptors (Lipinski definition) is 5. The van der Waals surface area contributed by atoms with Gasteiger partial charge in [0.2, 0.25) is 5.95 Å². The molecule has 1 aliphatic rings. The predicted octanol–water partition coefficient (Wildman–Crippen LogP) is 2.41. The monoisotopic (exact) mass is 328 g/mol. The van der Waals surface area contributed by atoms with Crippen LogP contribution in [0.5, 0.6) is 0 Å². The number of anilines is 2. The second-order valence-electron chi connectivity index (χ2n) is 5.18. The van der Waals surface area contributed by atoms with Crippen molar-refractivity contribution in [3.63, 3.8) is 0 Å². The summed E-state index contributed by atoms with van der Waals surface area (Å²) < 4.78 is 0.846. The van der Waals surface area contributed by atoms with Crippen LogP contribution in [0.1, 0.15) is 32.6 Å². The van der Waals surface area contributed by atoms with E-state index < -0.39 is 5.60 Å². The summed E-state index contributed by atoms with van der Waals surface area (Å²) >= 11 is 3.47. The van der Waals surface area contributed by atoms with Crippen molar-refractivity contribution in [1.29, 1.82) is 0 Å². The van der Waals surface area contributed by atoms with Gasteiger partial charge in [0, 0.05) is 26.3 Å². The van der Waals surface area contributed by atoms with E-state index in [4.69, 9.17) is 0 Å². The molecule has 0 amide bonds. The molecule has 1 aromatic rings. The Hall–Kier alpha value is -0.880. The molecular formula is C13H21BrN4O. The van der Waals surface area contributed by atoms with Gasteiger partial charge in [-0.1, -0.05) is 12.8 Å². The van der Waals surface area contributed by atoms with Crippen molar-refractivity contribution in [1.82, 2.24) is 9.97 Å². The zero-order chi connectivity index (χ0) is 13.9. The molecule has 1 heterocycles. The Morgan fingerprint density at radius 2 is 2.16 bits per heavy atom. The van der Waals surface area contributed by atoms with E-state index in [9.17, 15) is 5.11 Å². The number of aromatic nitrogens is 2. The van der Waals surface area contributed by atoms with E-state index in [0.717, 1.165) is 42.5 Å². The molecule has 5 nitrogen and oxygen atoms in total. The molecule has 0 atom stereocenters. The lowest BCUT2D eigenvalue weighted by Crippen LogP contribution is -2.39. The molecule has 0 bridgehead atoms. The number of likely N-dealkylation sites (N-methyl/N-ethyl adjacent to an activating group) is 1. The van der Waals surface area contributed by atoms with Crippen LogP contribution in [-0.2, 0) is 0 Å². The van der Waals surface area contributed by atoms with Gasteiger partial charge in [0.15, 0.2) is 0 Å². The number of nitrogens with one attached hydrogen (secondary N) is 1. The molecule has 0 radical (unpaired) electrons. The molecule has 19 heavy (non-hydrogen) atoms. The maximum Gasteiger partial charge on any atom is 0.224 e.